The summed E-state index contributed by atoms with van der Waals surface area (Å²) in [5.41, 5.74) is 1.36. The standard InChI is InChI=1S/C2H3OSi/c3-1-2-4/h1-3H. The molecule has 0 unspecified atom stereocenters. The number of rotatable bonds is 0. The predicted octanol–water partition coefficient (Wildman–Crippen LogP) is 0.184. The molecular weight excluding hydrogens is 68.1 g/mol. The molecule has 0 aromatic carbocycles. The fraction of sp³-hybridized carbons (Fsp3) is 0. The molecule has 0 fully saturated rings. The first-order chi connectivity index (χ1) is 1.91. The molecule has 4 heavy (non-hydrogen) atoms. The maximum absolute atomic E-state index is 7.65. The van der Waals surface area contributed by atoms with Gasteiger partial charge < -0.3 is 5.11 Å². The zero-order valence-corrected chi connectivity index (χ0v) is 3.10. The highest BCUT2D eigenvalue weighted by atomic mass is 28.1. The zero-order valence-electron chi connectivity index (χ0n) is 2.10. The van der Waals surface area contributed by atoms with Crippen molar-refractivity contribution in [2.24, 2.45) is 0 Å². The molecule has 1 N–H and O–H groups in total. The molecule has 0 aromatic heterocycles. The molecule has 0 aliphatic carbocycles. The molecule has 2 heteroatoms. The molecule has 0 aromatic rings. The summed E-state index contributed by atoms with van der Waals surface area (Å²) in [5, 5.41) is 7.65. The summed E-state index contributed by atoms with van der Waals surface area (Å²) in [7, 11) is 2.86. The Balaban J connectivity index is 2.55. The quantitative estimate of drug-likeness (QED) is 0.319. The summed E-state index contributed by atoms with van der Waals surface area (Å²) in [6.07, 6.45) is 0.914. The summed E-state index contributed by atoms with van der Waals surface area (Å²) < 4.78 is 0. The maximum Gasteiger partial charge on any atom is 0.0705 e. The van der Waals surface area contributed by atoms with Gasteiger partial charge in [0.2, 0.25) is 0 Å². The summed E-state index contributed by atoms with van der Waals surface area (Å²) in [5.74, 6) is 0. The van der Waals surface area contributed by atoms with E-state index in [0.717, 1.165) is 6.26 Å². The van der Waals surface area contributed by atoms with Crippen molar-refractivity contribution in [3.63, 3.8) is 0 Å². The van der Waals surface area contributed by atoms with Gasteiger partial charge in [-0.1, -0.05) is 5.70 Å². The van der Waals surface area contributed by atoms with Crippen LogP contribution >= 0.6 is 0 Å². The molecule has 0 rings (SSSR count). The monoisotopic (exact) mass is 71.0 g/mol. The van der Waals surface area contributed by atoms with Crippen LogP contribution in [0, 0.1) is 0 Å². The van der Waals surface area contributed by atoms with Crippen molar-refractivity contribution in [2.75, 3.05) is 0 Å². The fourth-order valence-electron chi connectivity index (χ4n) is 0. The van der Waals surface area contributed by atoms with E-state index < -0.39 is 0 Å². The van der Waals surface area contributed by atoms with Crippen molar-refractivity contribution in [2.45, 2.75) is 0 Å². The Kier molecular flexibility index (Phi) is 2.59. The van der Waals surface area contributed by atoms with E-state index in [1.165, 1.54) is 5.70 Å². The van der Waals surface area contributed by atoms with Gasteiger partial charge in [-0.05, 0) is 0 Å². The Morgan fingerprint density at radius 2 is 2.00 bits per heavy atom. The lowest BCUT2D eigenvalue weighted by Crippen LogP contribution is -1.45. The highest BCUT2D eigenvalue weighted by Crippen LogP contribution is 1.43. The lowest BCUT2D eigenvalue weighted by molar-refractivity contribution is 0.475. The molecular formula is C2H3OSi. The second-order valence-corrected chi connectivity index (χ2v) is 0.649. The van der Waals surface area contributed by atoms with Crippen LogP contribution in [0.5, 0.6) is 0 Å². The first-order valence-corrected chi connectivity index (χ1v) is 1.46. The Hall–Kier alpha value is -0.243. The van der Waals surface area contributed by atoms with Crippen LogP contribution in [0.4, 0.5) is 0 Å². The highest BCUT2D eigenvalue weighted by molar-refractivity contribution is 6.16. The minimum atomic E-state index is 0.914. The van der Waals surface area contributed by atoms with Crippen LogP contribution in [0.15, 0.2) is 12.0 Å². The van der Waals surface area contributed by atoms with Crippen LogP contribution in [0.2, 0.25) is 0 Å². The van der Waals surface area contributed by atoms with Crippen LogP contribution < -0.4 is 0 Å². The van der Waals surface area contributed by atoms with E-state index in [2.05, 4.69) is 10.2 Å². The van der Waals surface area contributed by atoms with E-state index in [-0.39, 0.29) is 0 Å². The van der Waals surface area contributed by atoms with Crippen molar-refractivity contribution in [3.05, 3.63) is 12.0 Å². The van der Waals surface area contributed by atoms with Gasteiger partial charge in [0.15, 0.2) is 0 Å². The molecule has 0 bridgehead atoms. The fourth-order valence-corrected chi connectivity index (χ4v) is 0. The van der Waals surface area contributed by atoms with Gasteiger partial charge >= 0.3 is 0 Å². The third-order valence-electron chi connectivity index (χ3n) is 0.0745. The van der Waals surface area contributed by atoms with Gasteiger partial charge in [-0.2, -0.15) is 0 Å². The first-order valence-electron chi connectivity index (χ1n) is 0.880. The van der Waals surface area contributed by atoms with Gasteiger partial charge in [0.25, 0.3) is 0 Å². The second-order valence-electron chi connectivity index (χ2n) is 0.316. The molecule has 0 aliphatic rings. The average Bonchev–Trinajstić information content (AvgIpc) is 1.37. The molecule has 21 valence electrons. The Morgan fingerprint density at radius 1 is 1.75 bits per heavy atom. The molecule has 0 heterocycles. The minimum absolute atomic E-state index is 0.914. The van der Waals surface area contributed by atoms with Gasteiger partial charge in [-0.3, -0.25) is 0 Å². The third-order valence-corrected chi connectivity index (χ3v) is 0.224. The first kappa shape index (κ1) is 3.76. The summed E-state index contributed by atoms with van der Waals surface area (Å²) >= 11 is 0. The van der Waals surface area contributed by atoms with Crippen molar-refractivity contribution in [1.29, 1.82) is 0 Å². The van der Waals surface area contributed by atoms with Crippen molar-refractivity contribution >= 4 is 10.2 Å². The summed E-state index contributed by atoms with van der Waals surface area (Å²) in [6.45, 7) is 0. The van der Waals surface area contributed by atoms with E-state index in [1.807, 2.05) is 0 Å². The van der Waals surface area contributed by atoms with E-state index >= 15 is 0 Å². The Labute approximate surface area is 28.4 Å². The molecule has 0 saturated carbocycles. The van der Waals surface area contributed by atoms with E-state index in [0.29, 0.717) is 0 Å². The zero-order chi connectivity index (χ0) is 3.41. The molecule has 0 atom stereocenters. The van der Waals surface area contributed by atoms with Gasteiger partial charge in [0.1, 0.15) is 0 Å². The second kappa shape index (κ2) is 2.76. The van der Waals surface area contributed by atoms with Crippen molar-refractivity contribution in [1.82, 2.24) is 0 Å². The molecule has 3 radical (unpaired) electrons. The summed E-state index contributed by atoms with van der Waals surface area (Å²) in [6, 6.07) is 0. The van der Waals surface area contributed by atoms with Gasteiger partial charge in [-0.25, -0.2) is 0 Å². The van der Waals surface area contributed by atoms with Crippen molar-refractivity contribution in [3.8, 4) is 0 Å². The van der Waals surface area contributed by atoms with Crippen LogP contribution in [0.1, 0.15) is 0 Å². The normalized spacial score (nSPS) is 9.25. The van der Waals surface area contributed by atoms with Crippen LogP contribution in [0.3, 0.4) is 0 Å². The van der Waals surface area contributed by atoms with Crippen LogP contribution in [0.25, 0.3) is 0 Å². The molecule has 0 saturated heterocycles. The lowest BCUT2D eigenvalue weighted by Gasteiger charge is -1.52. The predicted molar refractivity (Wildman–Crippen MR) is 17.5 cm³/mol. The van der Waals surface area contributed by atoms with Crippen LogP contribution in [-0.2, 0) is 0 Å². The van der Waals surface area contributed by atoms with Gasteiger partial charge in [0, 0.05) is 0 Å². The Bertz CT molecular complexity index is 21.2. The van der Waals surface area contributed by atoms with Crippen LogP contribution in [-0.4, -0.2) is 15.3 Å². The number of aliphatic hydroxyl groups is 1. The molecule has 0 spiro atoms. The van der Waals surface area contributed by atoms with Gasteiger partial charge in [0.05, 0.1) is 16.5 Å². The van der Waals surface area contributed by atoms with E-state index in [4.69, 9.17) is 5.11 Å². The largest absolute Gasteiger partial charge is 0.516 e. The summed E-state index contributed by atoms with van der Waals surface area (Å²) in [4.78, 5) is 0. The number of aliphatic hydroxyl groups excluding tert-OH is 1. The number of hydrogen-bond acceptors (Lipinski definition) is 1. The topological polar surface area (TPSA) is 20.2 Å². The number of hydrogen-bond donors (Lipinski definition) is 1. The maximum atomic E-state index is 7.65. The van der Waals surface area contributed by atoms with E-state index in [1.54, 1.807) is 0 Å². The average molecular weight is 71.1 g/mol. The molecule has 0 aliphatic heterocycles. The molecule has 1 nitrogen and oxygen atoms in total. The smallest absolute Gasteiger partial charge is 0.0705 e. The van der Waals surface area contributed by atoms with Crippen molar-refractivity contribution < 1.29 is 5.11 Å². The third kappa shape index (κ3) is 1.76. The molecule has 0 amide bonds. The SMILES string of the molecule is OC=C[Si]. The van der Waals surface area contributed by atoms with Gasteiger partial charge in [-0.15, -0.1) is 0 Å². The minimum Gasteiger partial charge on any atom is -0.516 e. The lowest BCUT2D eigenvalue weighted by atomic mass is 11.2. The highest BCUT2D eigenvalue weighted by Gasteiger charge is 1.36. The Morgan fingerprint density at radius 3 is 2.00 bits per heavy atom. The van der Waals surface area contributed by atoms with E-state index in [9.17, 15) is 0 Å².